The fraction of sp³-hybridized carbons (Fsp3) is 0.611. The Balaban J connectivity index is 1.44. The van der Waals surface area contributed by atoms with E-state index in [9.17, 15) is 13.2 Å². The van der Waals surface area contributed by atoms with E-state index in [1.807, 2.05) is 18.2 Å². The lowest BCUT2D eigenvalue weighted by Crippen LogP contribution is -2.36. The first-order chi connectivity index (χ1) is 10.6. The highest BCUT2D eigenvalue weighted by atomic mass is 32.2. The van der Waals surface area contributed by atoms with Crippen molar-refractivity contribution in [1.29, 1.82) is 0 Å². The van der Waals surface area contributed by atoms with Crippen LogP contribution in [0.4, 0.5) is 0 Å². The summed E-state index contributed by atoms with van der Waals surface area (Å²) >= 11 is 0. The molecule has 3 rings (SSSR count). The zero-order chi connectivity index (χ0) is 15.6. The smallest absolute Gasteiger partial charge is 0.156 e. The fourth-order valence-electron chi connectivity index (χ4n) is 3.95. The van der Waals surface area contributed by atoms with Gasteiger partial charge in [-0.1, -0.05) is 30.3 Å². The number of hydrogen-bond acceptors (Lipinski definition) is 3. The van der Waals surface area contributed by atoms with Crippen molar-refractivity contribution in [2.24, 2.45) is 5.92 Å². The third kappa shape index (κ3) is 3.27. The number of aryl methyl sites for hydroxylation is 1. The van der Waals surface area contributed by atoms with E-state index in [1.54, 1.807) is 0 Å². The van der Waals surface area contributed by atoms with Gasteiger partial charge in [-0.15, -0.1) is 0 Å². The number of rotatable bonds is 6. The molecule has 2 aliphatic heterocycles. The van der Waals surface area contributed by atoms with E-state index in [-0.39, 0.29) is 16.4 Å². The molecule has 1 aromatic rings. The molecule has 3 nitrogen and oxygen atoms in total. The molecule has 2 saturated heterocycles. The summed E-state index contributed by atoms with van der Waals surface area (Å²) in [6, 6.07) is 10.3. The number of carbonyl (C=O) groups is 1. The number of Topliss-reactive ketones (excluding diaryl/α,β-unsaturated/α-hetero) is 1. The summed E-state index contributed by atoms with van der Waals surface area (Å²) in [4.78, 5) is 12.3. The van der Waals surface area contributed by atoms with Crippen molar-refractivity contribution in [3.63, 3.8) is 0 Å². The summed E-state index contributed by atoms with van der Waals surface area (Å²) < 4.78 is 24.1. The van der Waals surface area contributed by atoms with Crippen molar-refractivity contribution in [3.8, 4) is 0 Å². The van der Waals surface area contributed by atoms with E-state index in [1.165, 1.54) is 5.56 Å². The second-order valence-corrected chi connectivity index (χ2v) is 9.25. The van der Waals surface area contributed by atoms with Gasteiger partial charge in [0.25, 0.3) is 0 Å². The normalized spacial score (nSPS) is 29.4. The van der Waals surface area contributed by atoms with Gasteiger partial charge in [-0.05, 0) is 50.5 Å². The van der Waals surface area contributed by atoms with Crippen molar-refractivity contribution in [2.45, 2.75) is 61.9 Å². The van der Waals surface area contributed by atoms with Gasteiger partial charge in [0.15, 0.2) is 9.84 Å². The van der Waals surface area contributed by atoms with Crippen molar-refractivity contribution in [2.75, 3.05) is 0 Å². The molecule has 0 aliphatic carbocycles. The number of unbranched alkanes of at least 4 members (excludes halogenated alkanes) is 1. The minimum Gasteiger partial charge on any atom is -0.299 e. The van der Waals surface area contributed by atoms with Crippen molar-refractivity contribution >= 4 is 15.6 Å². The molecule has 2 unspecified atom stereocenters. The fourth-order valence-corrected chi connectivity index (χ4v) is 6.42. The summed E-state index contributed by atoms with van der Waals surface area (Å²) in [6.45, 7) is 0. The molecular formula is C18H24O3S. The highest BCUT2D eigenvalue weighted by molar-refractivity contribution is 7.93. The van der Waals surface area contributed by atoms with Gasteiger partial charge in [-0.25, -0.2) is 8.42 Å². The molecule has 2 fully saturated rings. The number of hydrogen-bond donors (Lipinski definition) is 0. The van der Waals surface area contributed by atoms with Crippen LogP contribution in [0.15, 0.2) is 30.3 Å². The topological polar surface area (TPSA) is 51.2 Å². The molecule has 1 aromatic carbocycles. The van der Waals surface area contributed by atoms with Crippen LogP contribution in [0.25, 0.3) is 0 Å². The third-order valence-corrected chi connectivity index (χ3v) is 7.99. The molecule has 2 aliphatic rings. The zero-order valence-electron chi connectivity index (χ0n) is 12.9. The Morgan fingerprint density at radius 3 is 2.27 bits per heavy atom. The Morgan fingerprint density at radius 1 is 1.00 bits per heavy atom. The molecule has 120 valence electrons. The van der Waals surface area contributed by atoms with Crippen molar-refractivity contribution in [1.82, 2.24) is 0 Å². The van der Waals surface area contributed by atoms with Gasteiger partial charge in [-0.3, -0.25) is 4.79 Å². The molecule has 2 bridgehead atoms. The lowest BCUT2D eigenvalue weighted by atomic mass is 9.91. The average Bonchev–Trinajstić information content (AvgIpc) is 2.71. The van der Waals surface area contributed by atoms with Gasteiger partial charge in [-0.2, -0.15) is 0 Å². The molecule has 0 amide bonds. The highest BCUT2D eigenvalue weighted by Gasteiger charge is 2.48. The molecule has 0 aromatic heterocycles. The van der Waals surface area contributed by atoms with Gasteiger partial charge >= 0.3 is 0 Å². The summed E-state index contributed by atoms with van der Waals surface area (Å²) in [6.07, 6.45) is 6.25. The first kappa shape index (κ1) is 15.7. The van der Waals surface area contributed by atoms with Crippen molar-refractivity contribution in [3.05, 3.63) is 35.9 Å². The molecular weight excluding hydrogens is 296 g/mol. The Kier molecular flexibility index (Phi) is 4.67. The molecule has 2 atom stereocenters. The van der Waals surface area contributed by atoms with Gasteiger partial charge in [0, 0.05) is 12.3 Å². The van der Waals surface area contributed by atoms with E-state index in [0.717, 1.165) is 32.1 Å². The standard InChI is InChI=1S/C18H24O3S/c19-18(9-5-4-8-14-6-2-1-3-7-14)15-12-16-10-11-17(13-15)22(16,20)21/h1-3,6-7,15-17H,4-5,8-13H2. The Morgan fingerprint density at radius 2 is 1.64 bits per heavy atom. The van der Waals surface area contributed by atoms with E-state index in [0.29, 0.717) is 25.0 Å². The van der Waals surface area contributed by atoms with Crippen LogP contribution in [0.1, 0.15) is 50.5 Å². The van der Waals surface area contributed by atoms with Crippen LogP contribution in [0.2, 0.25) is 0 Å². The van der Waals surface area contributed by atoms with Crippen LogP contribution >= 0.6 is 0 Å². The molecule has 4 heteroatoms. The Bertz CT molecular complexity index is 601. The molecule has 0 N–H and O–H groups in total. The van der Waals surface area contributed by atoms with Crippen LogP contribution in [0.3, 0.4) is 0 Å². The zero-order valence-corrected chi connectivity index (χ0v) is 13.7. The van der Waals surface area contributed by atoms with Gasteiger partial charge in [0.2, 0.25) is 0 Å². The first-order valence-electron chi connectivity index (χ1n) is 8.36. The number of fused-ring (bicyclic) bond motifs is 2. The lowest BCUT2D eigenvalue weighted by molar-refractivity contribution is -0.123. The lowest BCUT2D eigenvalue weighted by Gasteiger charge is -2.26. The summed E-state index contributed by atoms with van der Waals surface area (Å²) in [5, 5.41) is -0.464. The maximum absolute atomic E-state index is 12.3. The summed E-state index contributed by atoms with van der Waals surface area (Å²) in [5.74, 6) is 0.289. The maximum atomic E-state index is 12.3. The van der Waals surface area contributed by atoms with E-state index in [2.05, 4.69) is 12.1 Å². The quantitative estimate of drug-likeness (QED) is 0.756. The average molecular weight is 320 g/mol. The Labute approximate surface area is 133 Å². The SMILES string of the molecule is O=C(CCCCc1ccccc1)C1CC2CCC(C1)S2(=O)=O. The van der Waals surface area contributed by atoms with Crippen LogP contribution in [0.5, 0.6) is 0 Å². The van der Waals surface area contributed by atoms with E-state index in [4.69, 9.17) is 0 Å². The van der Waals surface area contributed by atoms with E-state index < -0.39 is 9.84 Å². The largest absolute Gasteiger partial charge is 0.299 e. The second-order valence-electron chi connectivity index (χ2n) is 6.74. The molecule has 0 saturated carbocycles. The van der Waals surface area contributed by atoms with Crippen LogP contribution in [-0.2, 0) is 21.1 Å². The minimum absolute atomic E-state index is 0.00208. The molecule has 22 heavy (non-hydrogen) atoms. The first-order valence-corrected chi connectivity index (χ1v) is 9.97. The monoisotopic (exact) mass is 320 g/mol. The maximum Gasteiger partial charge on any atom is 0.156 e. The third-order valence-electron chi connectivity index (χ3n) is 5.27. The van der Waals surface area contributed by atoms with Crippen LogP contribution in [-0.4, -0.2) is 24.7 Å². The van der Waals surface area contributed by atoms with Gasteiger partial charge < -0.3 is 0 Å². The summed E-state index contributed by atoms with van der Waals surface area (Å²) in [7, 11) is -2.91. The van der Waals surface area contributed by atoms with Crippen LogP contribution < -0.4 is 0 Å². The second kappa shape index (κ2) is 6.53. The van der Waals surface area contributed by atoms with Crippen LogP contribution in [0, 0.1) is 5.92 Å². The van der Waals surface area contributed by atoms with Gasteiger partial charge in [0.1, 0.15) is 5.78 Å². The minimum atomic E-state index is -2.91. The Hall–Kier alpha value is -1.16. The predicted octanol–water partition coefficient (Wildman–Crippen LogP) is 3.32. The number of ketones is 1. The van der Waals surface area contributed by atoms with E-state index >= 15 is 0 Å². The predicted molar refractivity (Wildman–Crippen MR) is 87.5 cm³/mol. The summed E-state index contributed by atoms with van der Waals surface area (Å²) in [5.41, 5.74) is 1.32. The number of carbonyl (C=O) groups excluding carboxylic acids is 1. The van der Waals surface area contributed by atoms with Crippen molar-refractivity contribution < 1.29 is 13.2 Å². The van der Waals surface area contributed by atoms with Gasteiger partial charge in [0.05, 0.1) is 10.5 Å². The molecule has 2 heterocycles. The number of benzene rings is 1. The molecule has 0 spiro atoms. The number of sulfone groups is 1. The highest BCUT2D eigenvalue weighted by Crippen LogP contribution is 2.41. The molecule has 0 radical (unpaired) electrons.